The zero-order chi connectivity index (χ0) is 18.5. The molecule has 1 heterocycles. The highest BCUT2D eigenvalue weighted by molar-refractivity contribution is 6.30. The number of carbonyl (C=O) groups is 1. The number of rotatable bonds is 5. The SMILES string of the molecule is COc1ccccc1Nc1cc(C(=O)Nc2ccc(Cl)cc2C)ccn1. The summed E-state index contributed by atoms with van der Waals surface area (Å²) in [6.07, 6.45) is 1.58. The minimum Gasteiger partial charge on any atom is -0.495 e. The summed E-state index contributed by atoms with van der Waals surface area (Å²) in [4.78, 5) is 16.8. The molecule has 1 amide bonds. The molecule has 0 bridgehead atoms. The average molecular weight is 368 g/mol. The highest BCUT2D eigenvalue weighted by atomic mass is 35.5. The number of aromatic nitrogens is 1. The van der Waals surface area contributed by atoms with E-state index < -0.39 is 0 Å². The number of para-hydroxylation sites is 2. The van der Waals surface area contributed by atoms with Gasteiger partial charge >= 0.3 is 0 Å². The summed E-state index contributed by atoms with van der Waals surface area (Å²) in [5, 5.41) is 6.69. The number of halogens is 1. The number of methoxy groups -OCH3 is 1. The van der Waals surface area contributed by atoms with Crippen molar-refractivity contribution in [1.29, 1.82) is 0 Å². The number of aryl methyl sites for hydroxylation is 1. The van der Waals surface area contributed by atoms with Crippen molar-refractivity contribution in [2.45, 2.75) is 6.92 Å². The van der Waals surface area contributed by atoms with E-state index in [0.717, 1.165) is 16.9 Å². The number of hydrogen-bond donors (Lipinski definition) is 2. The molecule has 3 aromatic rings. The molecule has 3 rings (SSSR count). The van der Waals surface area contributed by atoms with Gasteiger partial charge in [-0.2, -0.15) is 0 Å². The van der Waals surface area contributed by atoms with E-state index in [-0.39, 0.29) is 5.91 Å². The van der Waals surface area contributed by atoms with E-state index in [1.165, 1.54) is 0 Å². The maximum Gasteiger partial charge on any atom is 0.255 e. The Morgan fingerprint density at radius 1 is 1.08 bits per heavy atom. The fraction of sp³-hybridized carbons (Fsp3) is 0.100. The largest absolute Gasteiger partial charge is 0.495 e. The van der Waals surface area contributed by atoms with Gasteiger partial charge in [0.25, 0.3) is 5.91 Å². The summed E-state index contributed by atoms with van der Waals surface area (Å²) in [5.41, 5.74) is 2.88. The molecular formula is C20H18ClN3O2. The highest BCUT2D eigenvalue weighted by Gasteiger charge is 2.10. The van der Waals surface area contributed by atoms with Gasteiger partial charge in [-0.15, -0.1) is 0 Å². The van der Waals surface area contributed by atoms with Crippen LogP contribution in [0, 0.1) is 6.92 Å². The minimum absolute atomic E-state index is 0.221. The molecule has 5 nitrogen and oxygen atoms in total. The number of nitrogens with zero attached hydrogens (tertiary/aromatic N) is 1. The molecule has 0 atom stereocenters. The van der Waals surface area contributed by atoms with Crippen molar-refractivity contribution >= 4 is 34.7 Å². The van der Waals surface area contributed by atoms with E-state index in [0.29, 0.717) is 22.2 Å². The third-order valence-corrected chi connectivity index (χ3v) is 4.06. The molecule has 0 radical (unpaired) electrons. The van der Waals surface area contributed by atoms with Crippen molar-refractivity contribution in [1.82, 2.24) is 4.98 Å². The number of amides is 1. The number of carbonyl (C=O) groups excluding carboxylic acids is 1. The van der Waals surface area contributed by atoms with Crippen LogP contribution in [-0.2, 0) is 0 Å². The van der Waals surface area contributed by atoms with Crippen LogP contribution >= 0.6 is 11.6 Å². The normalized spacial score (nSPS) is 10.3. The van der Waals surface area contributed by atoms with Crippen LogP contribution in [0.25, 0.3) is 0 Å². The molecule has 0 aliphatic heterocycles. The van der Waals surface area contributed by atoms with Gasteiger partial charge in [-0.1, -0.05) is 23.7 Å². The van der Waals surface area contributed by atoms with Crippen LogP contribution in [0.1, 0.15) is 15.9 Å². The number of anilines is 3. The molecule has 0 aliphatic rings. The summed E-state index contributed by atoms with van der Waals surface area (Å²) in [6.45, 7) is 1.89. The predicted octanol–water partition coefficient (Wildman–Crippen LogP) is 5.05. The van der Waals surface area contributed by atoms with Gasteiger partial charge in [-0.25, -0.2) is 4.98 Å². The summed E-state index contributed by atoms with van der Waals surface area (Å²) in [6, 6.07) is 16.2. The van der Waals surface area contributed by atoms with Gasteiger partial charge in [0.15, 0.2) is 0 Å². The van der Waals surface area contributed by atoms with E-state index >= 15 is 0 Å². The van der Waals surface area contributed by atoms with Gasteiger partial charge in [0.1, 0.15) is 11.6 Å². The Kier molecular flexibility index (Phi) is 5.39. The molecule has 132 valence electrons. The fourth-order valence-electron chi connectivity index (χ4n) is 2.49. The van der Waals surface area contributed by atoms with Crippen LogP contribution in [0.3, 0.4) is 0 Å². The minimum atomic E-state index is -0.221. The fourth-order valence-corrected chi connectivity index (χ4v) is 2.71. The summed E-state index contributed by atoms with van der Waals surface area (Å²) < 4.78 is 5.32. The second-order valence-electron chi connectivity index (χ2n) is 5.67. The number of pyridine rings is 1. The van der Waals surface area contributed by atoms with Crippen LogP contribution in [-0.4, -0.2) is 18.0 Å². The first-order valence-corrected chi connectivity index (χ1v) is 8.38. The molecule has 0 fully saturated rings. The second kappa shape index (κ2) is 7.89. The van der Waals surface area contributed by atoms with E-state index in [1.54, 1.807) is 43.6 Å². The molecule has 0 aliphatic carbocycles. The lowest BCUT2D eigenvalue weighted by molar-refractivity contribution is 0.102. The van der Waals surface area contributed by atoms with Gasteiger partial charge in [0.05, 0.1) is 12.8 Å². The maximum atomic E-state index is 12.6. The van der Waals surface area contributed by atoms with Crippen LogP contribution in [0.2, 0.25) is 5.02 Å². The van der Waals surface area contributed by atoms with Crippen LogP contribution < -0.4 is 15.4 Å². The van der Waals surface area contributed by atoms with Crippen molar-refractivity contribution in [2.24, 2.45) is 0 Å². The molecule has 6 heteroatoms. The van der Waals surface area contributed by atoms with Gasteiger partial charge in [0, 0.05) is 22.5 Å². The first-order valence-electron chi connectivity index (χ1n) is 8.00. The summed E-state index contributed by atoms with van der Waals surface area (Å²) in [5.74, 6) is 1.02. The standard InChI is InChI=1S/C20H18ClN3O2/c1-13-11-15(21)7-8-16(13)24-20(25)14-9-10-22-19(12-14)23-17-5-3-4-6-18(17)26-2/h3-12H,1-2H3,(H,22,23)(H,24,25). The van der Waals surface area contributed by atoms with Crippen LogP contribution in [0.15, 0.2) is 60.8 Å². The number of nitrogens with one attached hydrogen (secondary N) is 2. The Bertz CT molecular complexity index is 944. The molecule has 0 saturated heterocycles. The Morgan fingerprint density at radius 3 is 2.65 bits per heavy atom. The number of benzene rings is 2. The Balaban J connectivity index is 1.79. The molecule has 0 saturated carbocycles. The molecule has 0 spiro atoms. The third-order valence-electron chi connectivity index (χ3n) is 3.83. The number of ether oxygens (including phenoxy) is 1. The molecule has 2 aromatic carbocycles. The Labute approximate surface area is 157 Å². The van der Waals surface area contributed by atoms with Crippen molar-refractivity contribution in [2.75, 3.05) is 17.7 Å². The second-order valence-corrected chi connectivity index (χ2v) is 6.10. The molecular weight excluding hydrogens is 350 g/mol. The molecule has 0 unspecified atom stereocenters. The quantitative estimate of drug-likeness (QED) is 0.662. The first-order chi connectivity index (χ1) is 12.6. The van der Waals surface area contributed by atoms with E-state index in [9.17, 15) is 4.79 Å². The monoisotopic (exact) mass is 367 g/mol. The zero-order valence-corrected chi connectivity index (χ0v) is 15.2. The topological polar surface area (TPSA) is 63.2 Å². The van der Waals surface area contributed by atoms with Gasteiger partial charge in [-0.3, -0.25) is 4.79 Å². The molecule has 2 N–H and O–H groups in total. The zero-order valence-electron chi connectivity index (χ0n) is 14.4. The Hall–Kier alpha value is -3.05. The van der Waals surface area contributed by atoms with Crippen molar-refractivity contribution in [3.05, 3.63) is 76.9 Å². The van der Waals surface area contributed by atoms with Crippen molar-refractivity contribution in [3.8, 4) is 5.75 Å². The Morgan fingerprint density at radius 2 is 1.88 bits per heavy atom. The van der Waals surface area contributed by atoms with Crippen LogP contribution in [0.5, 0.6) is 5.75 Å². The molecule has 1 aromatic heterocycles. The first kappa shape index (κ1) is 17.8. The van der Waals surface area contributed by atoms with Crippen molar-refractivity contribution in [3.63, 3.8) is 0 Å². The van der Waals surface area contributed by atoms with E-state index in [4.69, 9.17) is 16.3 Å². The van der Waals surface area contributed by atoms with E-state index in [1.807, 2.05) is 31.2 Å². The lowest BCUT2D eigenvalue weighted by Gasteiger charge is -2.12. The van der Waals surface area contributed by atoms with Gasteiger partial charge < -0.3 is 15.4 Å². The highest BCUT2D eigenvalue weighted by Crippen LogP contribution is 2.26. The van der Waals surface area contributed by atoms with Crippen molar-refractivity contribution < 1.29 is 9.53 Å². The lowest BCUT2D eigenvalue weighted by atomic mass is 10.2. The van der Waals surface area contributed by atoms with Gasteiger partial charge in [0.2, 0.25) is 0 Å². The average Bonchev–Trinajstić information content (AvgIpc) is 2.64. The summed E-state index contributed by atoms with van der Waals surface area (Å²) in [7, 11) is 1.60. The smallest absolute Gasteiger partial charge is 0.255 e. The molecule has 26 heavy (non-hydrogen) atoms. The van der Waals surface area contributed by atoms with E-state index in [2.05, 4.69) is 15.6 Å². The maximum absolute atomic E-state index is 12.6. The van der Waals surface area contributed by atoms with Crippen LogP contribution in [0.4, 0.5) is 17.2 Å². The predicted molar refractivity (Wildman–Crippen MR) is 105 cm³/mol. The lowest BCUT2D eigenvalue weighted by Crippen LogP contribution is -2.13. The summed E-state index contributed by atoms with van der Waals surface area (Å²) >= 11 is 5.95. The third kappa shape index (κ3) is 4.13. The van der Waals surface area contributed by atoms with Gasteiger partial charge in [-0.05, 0) is 55.0 Å². The number of hydrogen-bond acceptors (Lipinski definition) is 4.